The Labute approximate surface area is 179 Å². The van der Waals surface area contributed by atoms with Crippen LogP contribution in [-0.4, -0.2) is 57.2 Å². The molecule has 6 aliphatic rings. The number of rotatable bonds is 1. The van der Waals surface area contributed by atoms with Gasteiger partial charge in [-0.05, 0) is 69.7 Å². The Kier molecular flexibility index (Phi) is 3.35. The highest BCUT2D eigenvalue weighted by atomic mass is 16.5. The Morgan fingerprint density at radius 2 is 1.87 bits per heavy atom. The van der Waals surface area contributed by atoms with E-state index in [1.165, 1.54) is 11.1 Å². The van der Waals surface area contributed by atoms with Crippen LogP contribution in [-0.2, 0) is 11.8 Å². The van der Waals surface area contributed by atoms with Crippen molar-refractivity contribution in [1.82, 2.24) is 4.90 Å². The number of hydrogen-bond donors (Lipinski definition) is 3. The van der Waals surface area contributed by atoms with Crippen LogP contribution in [0.1, 0.15) is 64.5 Å². The molecule has 0 radical (unpaired) electrons. The van der Waals surface area contributed by atoms with Crippen molar-refractivity contribution in [3.8, 4) is 11.5 Å². The van der Waals surface area contributed by atoms with Gasteiger partial charge in [0.25, 0.3) is 0 Å². The van der Waals surface area contributed by atoms with Crippen LogP contribution in [0.5, 0.6) is 11.5 Å². The SMILES string of the molecule is CN1CC[C@]23c4c5ccc(O)c4OC2C2(O)CC[C@]3(CC2[C@](C)(O)C(C)(C)C)[C@H]1C5. The number of nitrogens with zero attached hydrogens (tertiary/aromatic N) is 1. The summed E-state index contributed by atoms with van der Waals surface area (Å²) < 4.78 is 6.58. The summed E-state index contributed by atoms with van der Waals surface area (Å²) in [7, 11) is 2.23. The van der Waals surface area contributed by atoms with E-state index >= 15 is 0 Å². The number of likely N-dealkylation sites (N-methyl/N-ethyl adjacent to an activating group) is 1. The zero-order valence-electron chi connectivity index (χ0n) is 18.8. The van der Waals surface area contributed by atoms with Gasteiger partial charge in [0.05, 0.1) is 5.60 Å². The van der Waals surface area contributed by atoms with E-state index in [-0.39, 0.29) is 27.9 Å². The molecule has 3 N–H and O–H groups in total. The molecule has 5 nitrogen and oxygen atoms in total. The number of phenols is 1. The number of aliphatic hydroxyl groups is 2. The molecule has 0 amide bonds. The highest BCUT2D eigenvalue weighted by Gasteiger charge is 2.81. The molecule has 2 spiro atoms. The maximum Gasteiger partial charge on any atom is 0.165 e. The molecule has 1 aromatic rings. The number of benzene rings is 1. The standard InChI is InChI=1S/C25H35NO4/c1-21(2,3)22(4,28)16-13-23-8-9-25(16,29)20-24(23)10-11-26(5)17(23)12-14-6-7-15(27)19(30-20)18(14)24/h6-7,16-17,20,27-29H,8-13H2,1-5H3/t16?,17-,20?,22+,23+,24+,25?/m1/s1. The summed E-state index contributed by atoms with van der Waals surface area (Å²) in [5.41, 5.74) is -0.414. The molecular formula is C25H35NO4. The maximum atomic E-state index is 12.3. The lowest BCUT2D eigenvalue weighted by Gasteiger charge is -2.74. The van der Waals surface area contributed by atoms with E-state index in [1.54, 1.807) is 6.07 Å². The summed E-state index contributed by atoms with van der Waals surface area (Å²) in [5.74, 6) is 0.511. The third-order valence-electron chi connectivity index (χ3n) is 10.5. The summed E-state index contributed by atoms with van der Waals surface area (Å²) in [6.07, 6.45) is 3.86. The molecule has 30 heavy (non-hydrogen) atoms. The molecule has 0 aromatic heterocycles. The Hall–Kier alpha value is -1.30. The van der Waals surface area contributed by atoms with Crippen LogP contribution in [0.15, 0.2) is 12.1 Å². The fourth-order valence-electron chi connectivity index (χ4n) is 8.54. The van der Waals surface area contributed by atoms with Crippen molar-refractivity contribution in [2.75, 3.05) is 13.6 Å². The van der Waals surface area contributed by atoms with Crippen LogP contribution in [0.4, 0.5) is 0 Å². The Bertz CT molecular complexity index is 951. The molecule has 2 heterocycles. The van der Waals surface area contributed by atoms with Crippen molar-refractivity contribution in [1.29, 1.82) is 0 Å². The van der Waals surface area contributed by atoms with Crippen molar-refractivity contribution < 1.29 is 20.1 Å². The second kappa shape index (κ2) is 5.19. The average molecular weight is 414 g/mol. The van der Waals surface area contributed by atoms with Crippen LogP contribution >= 0.6 is 0 Å². The number of phenolic OH excluding ortho intramolecular Hbond substituents is 1. The van der Waals surface area contributed by atoms with Gasteiger partial charge in [0.1, 0.15) is 11.7 Å². The van der Waals surface area contributed by atoms with E-state index in [2.05, 4.69) is 38.8 Å². The maximum absolute atomic E-state index is 12.3. The van der Waals surface area contributed by atoms with E-state index < -0.39 is 17.3 Å². The first kappa shape index (κ1) is 19.4. The quantitative estimate of drug-likeness (QED) is 0.660. The van der Waals surface area contributed by atoms with E-state index in [1.807, 2.05) is 6.92 Å². The molecule has 164 valence electrons. The van der Waals surface area contributed by atoms with Gasteiger partial charge in [-0.2, -0.15) is 0 Å². The molecule has 4 fully saturated rings. The van der Waals surface area contributed by atoms with Crippen molar-refractivity contribution in [3.63, 3.8) is 0 Å². The zero-order chi connectivity index (χ0) is 21.5. The number of likely N-dealkylation sites (tertiary alicyclic amines) is 1. The highest BCUT2D eigenvalue weighted by molar-refractivity contribution is 5.63. The van der Waals surface area contributed by atoms with Gasteiger partial charge in [-0.25, -0.2) is 0 Å². The molecule has 3 unspecified atom stereocenters. The lowest BCUT2D eigenvalue weighted by molar-refractivity contribution is -0.304. The second-order valence-corrected chi connectivity index (χ2v) is 12.2. The minimum atomic E-state index is -1.11. The van der Waals surface area contributed by atoms with E-state index in [0.29, 0.717) is 18.2 Å². The normalized spacial score (nSPS) is 45.6. The van der Waals surface area contributed by atoms with Gasteiger partial charge in [-0.15, -0.1) is 0 Å². The van der Waals surface area contributed by atoms with Crippen LogP contribution < -0.4 is 4.74 Å². The predicted octanol–water partition coefficient (Wildman–Crippen LogP) is 2.98. The Morgan fingerprint density at radius 1 is 1.13 bits per heavy atom. The summed E-state index contributed by atoms with van der Waals surface area (Å²) in [6, 6.07) is 4.18. The molecule has 4 bridgehead atoms. The van der Waals surface area contributed by atoms with E-state index in [9.17, 15) is 15.3 Å². The fraction of sp³-hybridized carbons (Fsp3) is 0.760. The largest absolute Gasteiger partial charge is 0.504 e. The lowest BCUT2D eigenvalue weighted by atomic mass is 9.33. The first-order valence-electron chi connectivity index (χ1n) is 11.6. The minimum absolute atomic E-state index is 0.0545. The first-order valence-corrected chi connectivity index (χ1v) is 11.6. The summed E-state index contributed by atoms with van der Waals surface area (Å²) in [4.78, 5) is 2.51. The van der Waals surface area contributed by atoms with Gasteiger partial charge in [-0.3, -0.25) is 0 Å². The molecular weight excluding hydrogens is 378 g/mol. The molecule has 3 saturated carbocycles. The van der Waals surface area contributed by atoms with Crippen molar-refractivity contribution in [2.45, 2.75) is 88.6 Å². The number of fused-ring (bicyclic) bond motifs is 2. The third kappa shape index (κ3) is 1.77. The summed E-state index contributed by atoms with van der Waals surface area (Å²) >= 11 is 0. The van der Waals surface area contributed by atoms with Crippen molar-refractivity contribution in [3.05, 3.63) is 23.3 Å². The number of piperidine rings is 1. The highest BCUT2D eigenvalue weighted by Crippen LogP contribution is 2.77. The monoisotopic (exact) mass is 413 g/mol. The number of ether oxygens (including phenoxy) is 1. The number of hydrogen-bond acceptors (Lipinski definition) is 5. The molecule has 2 aliphatic heterocycles. The summed E-state index contributed by atoms with van der Waals surface area (Å²) in [6.45, 7) is 9.07. The van der Waals surface area contributed by atoms with E-state index in [0.717, 1.165) is 32.2 Å². The van der Waals surface area contributed by atoms with Crippen molar-refractivity contribution >= 4 is 0 Å². The van der Waals surface area contributed by atoms with Crippen LogP contribution in [0.25, 0.3) is 0 Å². The smallest absolute Gasteiger partial charge is 0.165 e. The van der Waals surface area contributed by atoms with Crippen LogP contribution in [0.3, 0.4) is 0 Å². The number of aromatic hydroxyl groups is 1. The molecule has 1 aromatic carbocycles. The molecule has 5 heteroatoms. The van der Waals surface area contributed by atoms with Gasteiger partial charge < -0.3 is 25.0 Å². The van der Waals surface area contributed by atoms with Gasteiger partial charge in [0.2, 0.25) is 0 Å². The van der Waals surface area contributed by atoms with Crippen molar-refractivity contribution in [2.24, 2.45) is 16.7 Å². The van der Waals surface area contributed by atoms with Gasteiger partial charge in [-0.1, -0.05) is 26.8 Å². The Morgan fingerprint density at radius 3 is 2.57 bits per heavy atom. The zero-order valence-corrected chi connectivity index (χ0v) is 18.8. The van der Waals surface area contributed by atoms with E-state index in [4.69, 9.17) is 4.74 Å². The lowest BCUT2D eigenvalue weighted by Crippen LogP contribution is -2.82. The third-order valence-corrected chi connectivity index (χ3v) is 10.5. The summed E-state index contributed by atoms with van der Waals surface area (Å²) in [5, 5.41) is 34.9. The van der Waals surface area contributed by atoms with Crippen LogP contribution in [0, 0.1) is 16.7 Å². The second-order valence-electron chi connectivity index (χ2n) is 12.2. The Balaban J connectivity index is 1.64. The molecule has 7 atom stereocenters. The predicted molar refractivity (Wildman–Crippen MR) is 114 cm³/mol. The molecule has 4 aliphatic carbocycles. The first-order chi connectivity index (χ1) is 13.9. The van der Waals surface area contributed by atoms with Gasteiger partial charge in [0.15, 0.2) is 11.5 Å². The average Bonchev–Trinajstić information content (AvgIpc) is 3.03. The van der Waals surface area contributed by atoms with Gasteiger partial charge in [0, 0.05) is 28.4 Å². The topological polar surface area (TPSA) is 73.2 Å². The van der Waals surface area contributed by atoms with Gasteiger partial charge >= 0.3 is 0 Å². The minimum Gasteiger partial charge on any atom is -0.504 e. The fourth-order valence-corrected chi connectivity index (χ4v) is 8.54. The molecule has 1 saturated heterocycles. The van der Waals surface area contributed by atoms with Crippen LogP contribution in [0.2, 0.25) is 0 Å². The molecule has 7 rings (SSSR count).